The molecular formula is C29H24F6N6O2. The number of amides is 2. The van der Waals surface area contributed by atoms with Gasteiger partial charge in [-0.15, -0.1) is 0 Å². The van der Waals surface area contributed by atoms with Gasteiger partial charge in [0.25, 0.3) is 11.8 Å². The van der Waals surface area contributed by atoms with Crippen molar-refractivity contribution >= 4 is 45.9 Å². The maximum atomic E-state index is 14.6. The number of nitrogens with two attached hydrogens (primary N) is 4. The van der Waals surface area contributed by atoms with E-state index in [1.807, 2.05) is 0 Å². The largest absolute Gasteiger partial charge is 0.411 e. The number of nitrogens with one attached hydrogen (secondary N) is 2. The summed E-state index contributed by atoms with van der Waals surface area (Å²) >= 11 is 0. The molecular weight excluding hydrogens is 578 g/mol. The number of carbonyl (C=O) groups is 2. The summed E-state index contributed by atoms with van der Waals surface area (Å²) in [6.07, 6.45) is -11.8. The van der Waals surface area contributed by atoms with E-state index >= 15 is 0 Å². The molecule has 0 aliphatic rings. The molecule has 2 amide bonds. The van der Waals surface area contributed by atoms with Crippen molar-refractivity contribution in [3.8, 4) is 0 Å². The third kappa shape index (κ3) is 5.84. The van der Waals surface area contributed by atoms with E-state index in [-0.39, 0.29) is 33.9 Å². The van der Waals surface area contributed by atoms with Crippen LogP contribution in [0.25, 0.3) is 0 Å². The van der Waals surface area contributed by atoms with Gasteiger partial charge in [0.05, 0.1) is 22.7 Å². The van der Waals surface area contributed by atoms with Crippen LogP contribution in [-0.2, 0) is 5.41 Å². The smallest absolute Gasteiger partial charge is 0.399 e. The molecule has 0 saturated carbocycles. The zero-order valence-corrected chi connectivity index (χ0v) is 22.0. The Labute approximate surface area is 240 Å². The van der Waals surface area contributed by atoms with Crippen molar-refractivity contribution in [2.45, 2.75) is 17.8 Å². The van der Waals surface area contributed by atoms with Gasteiger partial charge in [-0.1, -0.05) is 24.3 Å². The monoisotopic (exact) mass is 602 g/mol. The van der Waals surface area contributed by atoms with Crippen molar-refractivity contribution in [1.82, 2.24) is 0 Å². The number of carbonyl (C=O) groups excluding carboxylic acids is 2. The van der Waals surface area contributed by atoms with Gasteiger partial charge in [0.15, 0.2) is 0 Å². The van der Waals surface area contributed by atoms with E-state index in [4.69, 9.17) is 22.9 Å². The highest BCUT2D eigenvalue weighted by molar-refractivity contribution is 6.06. The minimum atomic E-state index is -5.88. The molecule has 224 valence electrons. The van der Waals surface area contributed by atoms with Gasteiger partial charge >= 0.3 is 12.4 Å². The first-order chi connectivity index (χ1) is 20.0. The number of anilines is 6. The fraction of sp³-hybridized carbons (Fsp3) is 0.103. The van der Waals surface area contributed by atoms with Gasteiger partial charge in [0, 0.05) is 22.5 Å². The Hall–Kier alpha value is -5.40. The van der Waals surface area contributed by atoms with Crippen LogP contribution >= 0.6 is 0 Å². The van der Waals surface area contributed by atoms with Crippen LogP contribution in [-0.4, -0.2) is 24.2 Å². The Morgan fingerprint density at radius 3 is 1.12 bits per heavy atom. The minimum Gasteiger partial charge on any atom is -0.399 e. The van der Waals surface area contributed by atoms with E-state index < -0.39 is 40.7 Å². The Bertz CT molecular complexity index is 1540. The molecule has 8 nitrogen and oxygen atoms in total. The highest BCUT2D eigenvalue weighted by atomic mass is 19.4. The third-order valence-corrected chi connectivity index (χ3v) is 6.66. The number of hydrogen-bond donors (Lipinski definition) is 6. The van der Waals surface area contributed by atoms with Crippen molar-refractivity contribution in [3.05, 3.63) is 107 Å². The van der Waals surface area contributed by atoms with Crippen molar-refractivity contribution in [1.29, 1.82) is 0 Å². The Balaban J connectivity index is 1.69. The first-order valence-electron chi connectivity index (χ1n) is 12.3. The Morgan fingerprint density at radius 2 is 0.837 bits per heavy atom. The molecule has 14 heteroatoms. The molecule has 0 unspecified atom stereocenters. The van der Waals surface area contributed by atoms with Gasteiger partial charge in [0.1, 0.15) is 0 Å². The summed E-state index contributed by atoms with van der Waals surface area (Å²) in [5.41, 5.74) is 16.6. The van der Waals surface area contributed by atoms with Crippen molar-refractivity contribution in [2.24, 2.45) is 0 Å². The normalized spacial score (nSPS) is 12.0. The van der Waals surface area contributed by atoms with Crippen LogP contribution in [0, 0.1) is 0 Å². The highest BCUT2D eigenvalue weighted by Crippen LogP contribution is 2.56. The first kappa shape index (κ1) is 30.6. The van der Waals surface area contributed by atoms with E-state index in [0.717, 1.165) is 24.3 Å². The number of benzene rings is 4. The average Bonchev–Trinajstić information content (AvgIpc) is 2.91. The van der Waals surface area contributed by atoms with Crippen LogP contribution in [0.4, 0.5) is 60.5 Å². The summed E-state index contributed by atoms with van der Waals surface area (Å²) < 4.78 is 87.4. The molecule has 0 aliphatic heterocycles. The fourth-order valence-electron chi connectivity index (χ4n) is 4.50. The number of hydrogen-bond acceptors (Lipinski definition) is 6. The molecule has 0 atom stereocenters. The zero-order valence-electron chi connectivity index (χ0n) is 22.0. The molecule has 4 rings (SSSR count). The molecule has 0 spiro atoms. The van der Waals surface area contributed by atoms with Crippen LogP contribution in [0.3, 0.4) is 0 Å². The molecule has 0 bridgehead atoms. The molecule has 0 aromatic heterocycles. The predicted octanol–water partition coefficient (Wildman–Crippen LogP) is 5.93. The molecule has 43 heavy (non-hydrogen) atoms. The maximum Gasteiger partial charge on any atom is 0.411 e. The quantitative estimate of drug-likeness (QED) is 0.118. The predicted molar refractivity (Wildman–Crippen MR) is 152 cm³/mol. The van der Waals surface area contributed by atoms with Gasteiger partial charge < -0.3 is 33.6 Å². The van der Waals surface area contributed by atoms with Crippen LogP contribution in [0.5, 0.6) is 0 Å². The Morgan fingerprint density at radius 1 is 0.512 bits per heavy atom. The van der Waals surface area contributed by atoms with E-state index in [1.165, 1.54) is 36.4 Å². The summed E-state index contributed by atoms with van der Waals surface area (Å²) in [6.45, 7) is 0. The van der Waals surface area contributed by atoms with Gasteiger partial charge in [-0.05, 0) is 71.8 Å². The van der Waals surface area contributed by atoms with E-state index in [0.29, 0.717) is 35.6 Å². The van der Waals surface area contributed by atoms with Crippen molar-refractivity contribution < 1.29 is 35.9 Å². The molecule has 4 aromatic carbocycles. The summed E-state index contributed by atoms with van der Waals surface area (Å²) in [7, 11) is 0. The lowest BCUT2D eigenvalue weighted by molar-refractivity contribution is -0.288. The number of rotatable bonds is 6. The maximum absolute atomic E-state index is 14.6. The van der Waals surface area contributed by atoms with Gasteiger partial charge in [-0.25, -0.2) is 0 Å². The second-order valence-corrected chi connectivity index (χ2v) is 9.50. The van der Waals surface area contributed by atoms with Crippen molar-refractivity contribution in [3.63, 3.8) is 0 Å². The summed E-state index contributed by atoms with van der Waals surface area (Å²) in [5, 5.41) is 4.86. The Kier molecular flexibility index (Phi) is 7.90. The summed E-state index contributed by atoms with van der Waals surface area (Å²) in [6, 6.07) is 14.0. The average molecular weight is 603 g/mol. The number of nitrogen functional groups attached to an aromatic ring is 4. The SMILES string of the molecule is Nc1ccc(NC(=O)c2ccc(C(c3ccc(C(=O)Nc4ccc(N)cc4N)cc3)(C(F)(F)F)C(F)(F)F)cc2)c(N)c1. The topological polar surface area (TPSA) is 162 Å². The zero-order chi connectivity index (χ0) is 31.7. The van der Waals surface area contributed by atoms with Crippen LogP contribution in [0.2, 0.25) is 0 Å². The molecule has 4 aromatic rings. The second kappa shape index (κ2) is 11.1. The third-order valence-electron chi connectivity index (χ3n) is 6.66. The first-order valence-corrected chi connectivity index (χ1v) is 12.3. The van der Waals surface area contributed by atoms with Gasteiger partial charge in [-0.3, -0.25) is 9.59 Å². The molecule has 0 saturated heterocycles. The highest BCUT2D eigenvalue weighted by Gasteiger charge is 2.72. The molecule has 0 radical (unpaired) electrons. The van der Waals surface area contributed by atoms with Crippen LogP contribution in [0.15, 0.2) is 84.9 Å². The van der Waals surface area contributed by atoms with Crippen LogP contribution in [0.1, 0.15) is 31.8 Å². The molecule has 0 aliphatic carbocycles. The lowest BCUT2D eigenvalue weighted by atomic mass is 9.72. The lowest BCUT2D eigenvalue weighted by Crippen LogP contribution is -2.54. The number of halogens is 6. The van der Waals surface area contributed by atoms with E-state index in [9.17, 15) is 35.9 Å². The summed E-state index contributed by atoms with van der Waals surface area (Å²) in [5.74, 6) is -1.66. The fourth-order valence-corrected chi connectivity index (χ4v) is 4.50. The molecule has 0 heterocycles. The second-order valence-electron chi connectivity index (χ2n) is 9.50. The van der Waals surface area contributed by atoms with Gasteiger partial charge in [0.2, 0.25) is 5.41 Å². The molecule has 0 fully saturated rings. The van der Waals surface area contributed by atoms with E-state index in [1.54, 1.807) is 0 Å². The minimum absolute atomic E-state index is 0.104. The number of alkyl halides is 6. The van der Waals surface area contributed by atoms with Gasteiger partial charge in [-0.2, -0.15) is 26.3 Å². The summed E-state index contributed by atoms with van der Waals surface area (Å²) in [4.78, 5) is 25.3. The van der Waals surface area contributed by atoms with E-state index in [2.05, 4.69) is 10.6 Å². The lowest BCUT2D eigenvalue weighted by Gasteiger charge is -2.38. The standard InChI is InChI=1S/C29H24F6N6O2/c30-28(31,32)27(29(33,34)35,17-5-1-15(2-6-17)25(42)40-23-11-9-19(36)13-21(23)38)18-7-3-16(4-8-18)26(43)41-24-12-10-20(37)14-22(24)39/h1-14H,36-39H2,(H,40,42)(H,41,43). The van der Waals surface area contributed by atoms with Crippen molar-refractivity contribution in [2.75, 3.05) is 33.6 Å². The van der Waals surface area contributed by atoms with Crippen LogP contribution < -0.4 is 33.6 Å². The molecule has 10 N–H and O–H groups in total.